The van der Waals surface area contributed by atoms with Crippen molar-refractivity contribution in [1.29, 1.82) is 0 Å². The SMILES string of the molecule is O=C(O)C1CC2C(CCC3CCCCC32C(=O)O)C2=C1C1CCCCC1CC2. The Morgan fingerprint density at radius 1 is 0.857 bits per heavy atom. The van der Waals surface area contributed by atoms with E-state index in [-0.39, 0.29) is 11.8 Å². The van der Waals surface area contributed by atoms with Crippen LogP contribution in [0.1, 0.15) is 83.5 Å². The minimum atomic E-state index is -0.698. The van der Waals surface area contributed by atoms with Gasteiger partial charge in [-0.15, -0.1) is 0 Å². The van der Waals surface area contributed by atoms with Gasteiger partial charge >= 0.3 is 11.9 Å². The highest BCUT2D eigenvalue weighted by Crippen LogP contribution is 2.64. The van der Waals surface area contributed by atoms with Crippen molar-refractivity contribution in [2.24, 2.45) is 40.9 Å². The molecular formula is C24H34O4. The molecule has 0 saturated heterocycles. The van der Waals surface area contributed by atoms with Crippen LogP contribution in [-0.2, 0) is 9.59 Å². The number of carbonyl (C=O) groups is 2. The molecule has 5 rings (SSSR count). The first-order chi connectivity index (χ1) is 13.5. The van der Waals surface area contributed by atoms with E-state index in [0.29, 0.717) is 24.2 Å². The standard InChI is InChI=1S/C24H34O4/c25-22(26)19-13-20-17(11-9-15-6-3-4-12-24(15,20)23(27)28)18-10-8-14-5-1-2-7-16(14)21(18)19/h14-17,19-20H,1-13H2,(H,25,26)(H,27,28). The summed E-state index contributed by atoms with van der Waals surface area (Å²) in [5.74, 6) is -0.0125. The Kier molecular flexibility index (Phi) is 4.59. The molecule has 0 radical (unpaired) electrons. The van der Waals surface area contributed by atoms with E-state index in [0.717, 1.165) is 51.4 Å². The first-order valence-electron chi connectivity index (χ1n) is 11.7. The summed E-state index contributed by atoms with van der Waals surface area (Å²) in [4.78, 5) is 25.1. The Hall–Kier alpha value is -1.32. The predicted molar refractivity (Wildman–Crippen MR) is 106 cm³/mol. The lowest BCUT2D eigenvalue weighted by Crippen LogP contribution is -2.55. The summed E-state index contributed by atoms with van der Waals surface area (Å²) in [6.07, 6.45) is 13.7. The van der Waals surface area contributed by atoms with Crippen LogP contribution in [0.25, 0.3) is 0 Å². The zero-order valence-corrected chi connectivity index (χ0v) is 16.9. The molecule has 0 aromatic rings. The average Bonchev–Trinajstić information content (AvgIpc) is 2.72. The molecule has 7 atom stereocenters. The summed E-state index contributed by atoms with van der Waals surface area (Å²) in [5, 5.41) is 20.6. The fourth-order valence-electron chi connectivity index (χ4n) is 8.52. The number of carboxylic acid groups (broad SMARTS) is 2. The lowest BCUT2D eigenvalue weighted by atomic mass is 9.45. The van der Waals surface area contributed by atoms with Crippen molar-refractivity contribution in [2.45, 2.75) is 83.5 Å². The van der Waals surface area contributed by atoms with Gasteiger partial charge in [0.1, 0.15) is 0 Å². The molecule has 4 heteroatoms. The molecule has 4 nitrogen and oxygen atoms in total. The average molecular weight is 387 g/mol. The fourth-order valence-corrected chi connectivity index (χ4v) is 8.52. The Bertz CT molecular complexity index is 709. The first kappa shape index (κ1) is 18.7. The van der Waals surface area contributed by atoms with Crippen LogP contribution in [0.4, 0.5) is 0 Å². The van der Waals surface area contributed by atoms with Crippen molar-refractivity contribution in [3.63, 3.8) is 0 Å². The largest absolute Gasteiger partial charge is 0.481 e. The number of hydrogen-bond acceptors (Lipinski definition) is 2. The minimum absolute atomic E-state index is 0.0315. The molecule has 2 N–H and O–H groups in total. The molecule has 5 aliphatic carbocycles. The molecule has 0 aromatic carbocycles. The predicted octanol–water partition coefficient (Wildman–Crippen LogP) is 5.28. The number of aliphatic carboxylic acids is 2. The van der Waals surface area contributed by atoms with Crippen molar-refractivity contribution in [3.05, 3.63) is 11.1 Å². The van der Waals surface area contributed by atoms with E-state index in [1.807, 2.05) is 0 Å². The van der Waals surface area contributed by atoms with Gasteiger partial charge in [-0.1, -0.05) is 36.8 Å². The summed E-state index contributed by atoms with van der Waals surface area (Å²) < 4.78 is 0. The minimum Gasteiger partial charge on any atom is -0.481 e. The number of rotatable bonds is 2. The third-order valence-corrected chi connectivity index (χ3v) is 9.57. The quantitative estimate of drug-likeness (QED) is 0.634. The van der Waals surface area contributed by atoms with Gasteiger partial charge < -0.3 is 10.2 Å². The van der Waals surface area contributed by atoms with Gasteiger partial charge in [0.2, 0.25) is 0 Å². The van der Waals surface area contributed by atoms with Crippen LogP contribution in [0.15, 0.2) is 11.1 Å². The molecule has 3 fully saturated rings. The van der Waals surface area contributed by atoms with Crippen molar-refractivity contribution < 1.29 is 19.8 Å². The number of carboxylic acids is 2. The van der Waals surface area contributed by atoms with Crippen molar-refractivity contribution in [3.8, 4) is 0 Å². The maximum Gasteiger partial charge on any atom is 0.310 e. The maximum atomic E-state index is 12.7. The van der Waals surface area contributed by atoms with E-state index in [1.54, 1.807) is 0 Å². The van der Waals surface area contributed by atoms with Crippen LogP contribution in [0.3, 0.4) is 0 Å². The van der Waals surface area contributed by atoms with Crippen LogP contribution >= 0.6 is 0 Å². The zero-order chi connectivity index (χ0) is 19.5. The molecule has 0 aliphatic heterocycles. The van der Waals surface area contributed by atoms with Gasteiger partial charge in [-0.25, -0.2) is 0 Å². The van der Waals surface area contributed by atoms with E-state index in [4.69, 9.17) is 0 Å². The molecule has 0 heterocycles. The van der Waals surface area contributed by atoms with Crippen molar-refractivity contribution in [1.82, 2.24) is 0 Å². The molecule has 0 bridgehead atoms. The van der Waals surface area contributed by atoms with Gasteiger partial charge in [0.05, 0.1) is 11.3 Å². The number of hydrogen-bond donors (Lipinski definition) is 2. The molecular weight excluding hydrogens is 352 g/mol. The van der Waals surface area contributed by atoms with Crippen molar-refractivity contribution in [2.75, 3.05) is 0 Å². The van der Waals surface area contributed by atoms with Gasteiger partial charge in [-0.2, -0.15) is 0 Å². The Balaban J connectivity index is 1.60. The fraction of sp³-hybridized carbons (Fsp3) is 0.833. The molecule has 28 heavy (non-hydrogen) atoms. The molecule has 0 spiro atoms. The molecule has 0 amide bonds. The Morgan fingerprint density at radius 3 is 2.43 bits per heavy atom. The summed E-state index contributed by atoms with van der Waals surface area (Å²) in [6, 6.07) is 0. The molecule has 5 aliphatic rings. The molecule has 3 saturated carbocycles. The topological polar surface area (TPSA) is 74.6 Å². The Morgan fingerprint density at radius 2 is 1.64 bits per heavy atom. The number of fused-ring (bicyclic) bond motifs is 6. The summed E-state index contributed by atoms with van der Waals surface area (Å²) in [5.41, 5.74) is 2.02. The highest BCUT2D eigenvalue weighted by atomic mass is 16.4. The summed E-state index contributed by atoms with van der Waals surface area (Å²) in [7, 11) is 0. The highest BCUT2D eigenvalue weighted by Gasteiger charge is 2.60. The van der Waals surface area contributed by atoms with Gasteiger partial charge in [0.25, 0.3) is 0 Å². The first-order valence-corrected chi connectivity index (χ1v) is 11.7. The van der Waals surface area contributed by atoms with Crippen LogP contribution in [0.2, 0.25) is 0 Å². The second-order valence-corrected chi connectivity index (χ2v) is 10.4. The van der Waals surface area contributed by atoms with E-state index in [2.05, 4.69) is 0 Å². The zero-order valence-electron chi connectivity index (χ0n) is 16.9. The van der Waals surface area contributed by atoms with E-state index < -0.39 is 23.3 Å². The van der Waals surface area contributed by atoms with Crippen LogP contribution in [0, 0.1) is 40.9 Å². The third kappa shape index (κ3) is 2.55. The Labute approximate surface area is 167 Å². The van der Waals surface area contributed by atoms with Gasteiger partial charge in [-0.05, 0) is 87.4 Å². The van der Waals surface area contributed by atoms with Crippen LogP contribution in [-0.4, -0.2) is 22.2 Å². The van der Waals surface area contributed by atoms with Crippen LogP contribution in [0.5, 0.6) is 0 Å². The third-order valence-electron chi connectivity index (χ3n) is 9.57. The second kappa shape index (κ2) is 6.88. The summed E-state index contributed by atoms with van der Waals surface area (Å²) >= 11 is 0. The van der Waals surface area contributed by atoms with E-state index in [1.165, 1.54) is 36.8 Å². The van der Waals surface area contributed by atoms with E-state index >= 15 is 0 Å². The van der Waals surface area contributed by atoms with Gasteiger partial charge in [-0.3, -0.25) is 9.59 Å². The normalized spacial score (nSPS) is 45.3. The second-order valence-electron chi connectivity index (χ2n) is 10.4. The van der Waals surface area contributed by atoms with Gasteiger partial charge in [0.15, 0.2) is 0 Å². The molecule has 7 unspecified atom stereocenters. The molecule has 154 valence electrons. The lowest BCUT2D eigenvalue weighted by molar-refractivity contribution is -0.171. The number of allylic oxidation sites excluding steroid dienone is 1. The van der Waals surface area contributed by atoms with E-state index in [9.17, 15) is 19.8 Å². The van der Waals surface area contributed by atoms with Gasteiger partial charge in [0, 0.05) is 0 Å². The van der Waals surface area contributed by atoms with Crippen LogP contribution < -0.4 is 0 Å². The maximum absolute atomic E-state index is 12.7. The highest BCUT2D eigenvalue weighted by molar-refractivity contribution is 5.78. The van der Waals surface area contributed by atoms with Crippen molar-refractivity contribution >= 4 is 11.9 Å². The lowest BCUT2D eigenvalue weighted by Gasteiger charge is -2.57. The summed E-state index contributed by atoms with van der Waals surface area (Å²) in [6.45, 7) is 0. The molecule has 0 aromatic heterocycles. The monoisotopic (exact) mass is 386 g/mol. The smallest absolute Gasteiger partial charge is 0.310 e.